The number of carbonyl (C=O) groups excluding carboxylic acids is 1. The number of hydrogen-bond donors (Lipinski definition) is 1. The minimum Gasteiger partial charge on any atom is -0.349 e. The highest BCUT2D eigenvalue weighted by atomic mass is 16.1. The first-order chi connectivity index (χ1) is 12.0. The molecule has 25 heavy (non-hydrogen) atoms. The van der Waals surface area contributed by atoms with Crippen molar-refractivity contribution < 1.29 is 4.79 Å². The molecule has 1 aliphatic rings. The van der Waals surface area contributed by atoms with Gasteiger partial charge < -0.3 is 5.32 Å². The fraction of sp³-hybridized carbons (Fsp3) is 0.350. The van der Waals surface area contributed by atoms with Crippen LogP contribution in [-0.2, 0) is 6.42 Å². The van der Waals surface area contributed by atoms with Crippen LogP contribution in [-0.4, -0.2) is 26.5 Å². The quantitative estimate of drug-likeness (QED) is 0.797. The first-order valence-electron chi connectivity index (χ1n) is 8.74. The van der Waals surface area contributed by atoms with Gasteiger partial charge in [0.15, 0.2) is 5.65 Å². The average molecular weight is 334 g/mol. The Kier molecular flexibility index (Phi) is 3.79. The third kappa shape index (κ3) is 2.90. The van der Waals surface area contributed by atoms with Gasteiger partial charge in [-0.2, -0.15) is 5.10 Å². The highest BCUT2D eigenvalue weighted by molar-refractivity contribution is 6.00. The summed E-state index contributed by atoms with van der Waals surface area (Å²) in [6.45, 7) is 6.18. The number of aromatic nitrogens is 3. The second kappa shape index (κ2) is 5.99. The Bertz CT molecular complexity index is 969. The Morgan fingerprint density at radius 1 is 1.24 bits per heavy atom. The standard InChI is InChI=1S/C20H22N4O/c1-12-6-4-5-7-15(12)10-17-13(2)22-19-18(11-21-24(19)14(17)3)20(25)23-16-8-9-16/h4-7,11,16H,8-10H2,1-3H3,(H,23,25). The van der Waals surface area contributed by atoms with Crippen molar-refractivity contribution in [2.45, 2.75) is 46.1 Å². The average Bonchev–Trinajstić information content (AvgIpc) is 3.29. The molecule has 1 N–H and O–H groups in total. The molecule has 0 spiro atoms. The lowest BCUT2D eigenvalue weighted by Crippen LogP contribution is -2.25. The normalized spacial score (nSPS) is 14.0. The molecule has 5 heteroatoms. The van der Waals surface area contributed by atoms with Crippen LogP contribution in [0.2, 0.25) is 0 Å². The Balaban J connectivity index is 1.74. The monoisotopic (exact) mass is 334 g/mol. The molecule has 0 atom stereocenters. The van der Waals surface area contributed by atoms with Gasteiger partial charge in [0, 0.05) is 23.9 Å². The highest BCUT2D eigenvalue weighted by Gasteiger charge is 2.26. The molecule has 1 amide bonds. The molecule has 4 rings (SSSR count). The summed E-state index contributed by atoms with van der Waals surface area (Å²) >= 11 is 0. The van der Waals surface area contributed by atoms with Crippen LogP contribution in [0.4, 0.5) is 0 Å². The molecule has 2 aromatic heterocycles. The van der Waals surface area contributed by atoms with Gasteiger partial charge in [-0.25, -0.2) is 9.50 Å². The van der Waals surface area contributed by atoms with Gasteiger partial charge in [0.2, 0.25) is 0 Å². The van der Waals surface area contributed by atoms with Gasteiger partial charge >= 0.3 is 0 Å². The smallest absolute Gasteiger partial charge is 0.256 e. The fourth-order valence-corrected chi connectivity index (χ4v) is 3.22. The van der Waals surface area contributed by atoms with Crippen molar-refractivity contribution >= 4 is 11.6 Å². The molecular weight excluding hydrogens is 312 g/mol. The van der Waals surface area contributed by atoms with Crippen molar-refractivity contribution in [1.82, 2.24) is 19.9 Å². The zero-order valence-corrected chi connectivity index (χ0v) is 14.8. The van der Waals surface area contributed by atoms with E-state index in [1.807, 2.05) is 13.8 Å². The van der Waals surface area contributed by atoms with Crippen molar-refractivity contribution in [3.05, 3.63) is 64.1 Å². The van der Waals surface area contributed by atoms with Crippen LogP contribution in [0.1, 0.15) is 51.3 Å². The van der Waals surface area contributed by atoms with Gasteiger partial charge in [-0.05, 0) is 50.3 Å². The molecule has 3 aromatic rings. The van der Waals surface area contributed by atoms with E-state index in [4.69, 9.17) is 4.98 Å². The molecule has 1 saturated carbocycles. The molecule has 0 unspecified atom stereocenters. The summed E-state index contributed by atoms with van der Waals surface area (Å²) in [5, 5.41) is 7.44. The molecular formula is C20H22N4O. The van der Waals surface area contributed by atoms with Gasteiger partial charge in [0.05, 0.1) is 6.20 Å². The molecule has 1 aromatic carbocycles. The second-order valence-electron chi connectivity index (χ2n) is 6.91. The predicted molar refractivity (Wildman–Crippen MR) is 96.9 cm³/mol. The van der Waals surface area contributed by atoms with Crippen LogP contribution in [0.15, 0.2) is 30.5 Å². The van der Waals surface area contributed by atoms with E-state index in [1.54, 1.807) is 10.7 Å². The molecule has 2 heterocycles. The maximum Gasteiger partial charge on any atom is 0.256 e. The summed E-state index contributed by atoms with van der Waals surface area (Å²) in [4.78, 5) is 17.1. The number of aryl methyl sites for hydroxylation is 3. The van der Waals surface area contributed by atoms with Gasteiger partial charge in [0.1, 0.15) is 5.56 Å². The van der Waals surface area contributed by atoms with Gasteiger partial charge in [-0.1, -0.05) is 24.3 Å². The molecule has 1 fully saturated rings. The fourth-order valence-electron chi connectivity index (χ4n) is 3.22. The van der Waals surface area contributed by atoms with E-state index in [0.717, 1.165) is 30.7 Å². The van der Waals surface area contributed by atoms with Crippen LogP contribution in [0, 0.1) is 20.8 Å². The van der Waals surface area contributed by atoms with Crippen LogP contribution in [0.25, 0.3) is 5.65 Å². The van der Waals surface area contributed by atoms with Crippen molar-refractivity contribution in [3.63, 3.8) is 0 Å². The molecule has 0 saturated heterocycles. The van der Waals surface area contributed by atoms with E-state index < -0.39 is 0 Å². The molecule has 0 radical (unpaired) electrons. The van der Waals surface area contributed by atoms with E-state index >= 15 is 0 Å². The number of rotatable bonds is 4. The summed E-state index contributed by atoms with van der Waals surface area (Å²) < 4.78 is 1.79. The number of benzene rings is 1. The number of carbonyl (C=O) groups is 1. The third-order valence-electron chi connectivity index (χ3n) is 4.99. The highest BCUT2D eigenvalue weighted by Crippen LogP contribution is 2.23. The SMILES string of the molecule is Cc1ccccc1Cc1c(C)nc2c(C(=O)NC3CC3)cnn2c1C. The maximum atomic E-state index is 12.4. The lowest BCUT2D eigenvalue weighted by Gasteiger charge is -2.13. The summed E-state index contributed by atoms with van der Waals surface area (Å²) in [5.74, 6) is -0.0737. The maximum absolute atomic E-state index is 12.4. The molecule has 5 nitrogen and oxygen atoms in total. The summed E-state index contributed by atoms with van der Waals surface area (Å²) in [5.41, 5.74) is 6.91. The first-order valence-corrected chi connectivity index (χ1v) is 8.74. The van der Waals surface area contributed by atoms with Crippen molar-refractivity contribution in [2.24, 2.45) is 0 Å². The van der Waals surface area contributed by atoms with Crippen LogP contribution in [0.5, 0.6) is 0 Å². The van der Waals surface area contributed by atoms with Gasteiger partial charge in [-0.15, -0.1) is 0 Å². The summed E-state index contributed by atoms with van der Waals surface area (Å²) in [6.07, 6.45) is 4.58. The molecule has 128 valence electrons. The zero-order chi connectivity index (χ0) is 17.6. The zero-order valence-electron chi connectivity index (χ0n) is 14.8. The van der Waals surface area contributed by atoms with Crippen LogP contribution in [0.3, 0.4) is 0 Å². The topological polar surface area (TPSA) is 59.3 Å². The number of fused-ring (bicyclic) bond motifs is 1. The Labute approximate surface area is 147 Å². The lowest BCUT2D eigenvalue weighted by atomic mass is 9.99. The minimum atomic E-state index is -0.0737. The number of hydrogen-bond acceptors (Lipinski definition) is 3. The molecule has 0 bridgehead atoms. The van der Waals surface area contributed by atoms with Crippen molar-refractivity contribution in [1.29, 1.82) is 0 Å². The van der Waals surface area contributed by atoms with E-state index in [-0.39, 0.29) is 5.91 Å². The Morgan fingerprint density at radius 3 is 2.72 bits per heavy atom. The predicted octanol–water partition coefficient (Wildman–Crippen LogP) is 3.14. The minimum absolute atomic E-state index is 0.0737. The third-order valence-corrected chi connectivity index (χ3v) is 4.99. The lowest BCUT2D eigenvalue weighted by molar-refractivity contribution is 0.0952. The van der Waals surface area contributed by atoms with Gasteiger partial charge in [-0.3, -0.25) is 4.79 Å². The number of amides is 1. The van der Waals surface area contributed by atoms with E-state index in [0.29, 0.717) is 17.3 Å². The van der Waals surface area contributed by atoms with Crippen LogP contribution >= 0.6 is 0 Å². The largest absolute Gasteiger partial charge is 0.349 e. The van der Waals surface area contributed by atoms with E-state index in [9.17, 15) is 4.79 Å². The van der Waals surface area contributed by atoms with Crippen molar-refractivity contribution in [3.8, 4) is 0 Å². The van der Waals surface area contributed by atoms with Crippen molar-refractivity contribution in [2.75, 3.05) is 0 Å². The van der Waals surface area contributed by atoms with Crippen LogP contribution < -0.4 is 5.32 Å². The number of nitrogens with one attached hydrogen (secondary N) is 1. The second-order valence-corrected chi connectivity index (χ2v) is 6.91. The summed E-state index contributed by atoms with van der Waals surface area (Å²) in [6, 6.07) is 8.71. The number of nitrogens with zero attached hydrogens (tertiary/aromatic N) is 3. The molecule has 1 aliphatic carbocycles. The van der Waals surface area contributed by atoms with E-state index in [1.165, 1.54) is 16.7 Å². The Hall–Kier alpha value is -2.69. The Morgan fingerprint density at radius 2 is 2.00 bits per heavy atom. The molecule has 0 aliphatic heterocycles. The van der Waals surface area contributed by atoms with E-state index in [2.05, 4.69) is 41.6 Å². The van der Waals surface area contributed by atoms with Gasteiger partial charge in [0.25, 0.3) is 5.91 Å². The first kappa shape index (κ1) is 15.8. The summed E-state index contributed by atoms with van der Waals surface area (Å²) in [7, 11) is 0.